The molecule has 2 aromatic heterocycles. The summed E-state index contributed by atoms with van der Waals surface area (Å²) in [5.74, 6) is -2.79. The molecule has 39 heavy (non-hydrogen) atoms. The van der Waals surface area contributed by atoms with Crippen LogP contribution in [0.1, 0.15) is 44.7 Å². The van der Waals surface area contributed by atoms with Gasteiger partial charge in [0.25, 0.3) is 11.8 Å². The zero-order valence-corrected chi connectivity index (χ0v) is 20.5. The number of benzene rings is 2. The number of imide groups is 1. The number of nitrogen functional groups attached to an aromatic ring is 1. The Labute approximate surface area is 221 Å². The lowest BCUT2D eigenvalue weighted by atomic mass is 10.1. The number of imidazole rings is 1. The standard InChI is InChI=1S/C26H23N7O6/c27-26-31-21-20(29-13-30-21)22(32-26)39-12-15-7-5-14(6-8-15)11-28-19(34)10-9-18(25(37)38)33-23(35)16-3-1-2-4-17(16)24(33)36/h1-8,13,18H,9-12H2,(H,28,34)(H,37,38)(H3,27,29,30,31,32). The summed E-state index contributed by atoms with van der Waals surface area (Å²) in [6.07, 6.45) is 1.08. The van der Waals surface area contributed by atoms with Crippen molar-refractivity contribution in [2.75, 3.05) is 5.73 Å². The number of carbonyl (C=O) groups is 4. The van der Waals surface area contributed by atoms with E-state index >= 15 is 0 Å². The predicted octanol–water partition coefficient (Wildman–Crippen LogP) is 1.66. The van der Waals surface area contributed by atoms with Crippen LogP contribution in [0.15, 0.2) is 54.9 Å². The number of nitrogens with two attached hydrogens (primary N) is 1. The quantitative estimate of drug-likeness (QED) is 0.219. The summed E-state index contributed by atoms with van der Waals surface area (Å²) in [7, 11) is 0. The molecule has 3 heterocycles. The van der Waals surface area contributed by atoms with Gasteiger partial charge in [0.2, 0.25) is 17.7 Å². The van der Waals surface area contributed by atoms with E-state index in [1.54, 1.807) is 12.1 Å². The Hall–Kier alpha value is -5.33. The Bertz CT molecular complexity index is 1550. The third kappa shape index (κ3) is 5.23. The van der Waals surface area contributed by atoms with Gasteiger partial charge in [0.15, 0.2) is 11.2 Å². The first-order chi connectivity index (χ1) is 18.8. The van der Waals surface area contributed by atoms with Crippen LogP contribution in [0.25, 0.3) is 11.2 Å². The molecule has 0 aliphatic carbocycles. The third-order valence-corrected chi connectivity index (χ3v) is 6.22. The highest BCUT2D eigenvalue weighted by molar-refractivity contribution is 6.22. The lowest BCUT2D eigenvalue weighted by molar-refractivity contribution is -0.142. The van der Waals surface area contributed by atoms with Gasteiger partial charge < -0.3 is 25.9 Å². The normalized spacial score (nSPS) is 13.4. The van der Waals surface area contributed by atoms with E-state index in [0.29, 0.717) is 16.1 Å². The Balaban J connectivity index is 1.12. The molecule has 1 atom stereocenters. The highest BCUT2D eigenvalue weighted by Gasteiger charge is 2.42. The van der Waals surface area contributed by atoms with Crippen molar-refractivity contribution in [1.82, 2.24) is 30.2 Å². The Morgan fingerprint density at radius 3 is 2.36 bits per heavy atom. The van der Waals surface area contributed by atoms with Crippen molar-refractivity contribution in [1.29, 1.82) is 0 Å². The number of aliphatic carboxylic acids is 1. The van der Waals surface area contributed by atoms with E-state index in [1.165, 1.54) is 18.5 Å². The number of ether oxygens (including phenoxy) is 1. The molecule has 0 fully saturated rings. The molecule has 0 spiro atoms. The van der Waals surface area contributed by atoms with Crippen LogP contribution < -0.4 is 15.8 Å². The highest BCUT2D eigenvalue weighted by Crippen LogP contribution is 2.26. The number of rotatable bonds is 10. The molecule has 5 N–H and O–H groups in total. The van der Waals surface area contributed by atoms with Gasteiger partial charge in [-0.25, -0.2) is 9.78 Å². The van der Waals surface area contributed by atoms with Gasteiger partial charge in [-0.05, 0) is 29.7 Å². The summed E-state index contributed by atoms with van der Waals surface area (Å²) in [6, 6.07) is 12.0. The van der Waals surface area contributed by atoms with Gasteiger partial charge in [-0.1, -0.05) is 36.4 Å². The fraction of sp³-hybridized carbons (Fsp3) is 0.192. The van der Waals surface area contributed by atoms with E-state index < -0.39 is 29.7 Å². The first-order valence-corrected chi connectivity index (χ1v) is 12.0. The van der Waals surface area contributed by atoms with Crippen molar-refractivity contribution in [2.24, 2.45) is 0 Å². The summed E-state index contributed by atoms with van der Waals surface area (Å²) >= 11 is 0. The van der Waals surface area contributed by atoms with Gasteiger partial charge >= 0.3 is 5.97 Å². The molecule has 1 aliphatic heterocycles. The van der Waals surface area contributed by atoms with Gasteiger partial charge in [0.1, 0.15) is 12.6 Å². The summed E-state index contributed by atoms with van der Waals surface area (Å²) in [5, 5.41) is 12.4. The molecule has 0 saturated carbocycles. The molecule has 2 aromatic carbocycles. The van der Waals surface area contributed by atoms with Gasteiger partial charge in [-0.3, -0.25) is 19.3 Å². The van der Waals surface area contributed by atoms with Crippen molar-refractivity contribution < 1.29 is 29.0 Å². The predicted molar refractivity (Wildman–Crippen MR) is 136 cm³/mol. The third-order valence-electron chi connectivity index (χ3n) is 6.22. The molecule has 0 radical (unpaired) electrons. The fourth-order valence-corrected chi connectivity index (χ4v) is 4.24. The Kier molecular flexibility index (Phi) is 6.87. The van der Waals surface area contributed by atoms with E-state index in [4.69, 9.17) is 10.5 Å². The second-order valence-corrected chi connectivity index (χ2v) is 8.79. The zero-order valence-electron chi connectivity index (χ0n) is 20.5. The van der Waals surface area contributed by atoms with Crippen LogP contribution in [0.4, 0.5) is 5.95 Å². The first-order valence-electron chi connectivity index (χ1n) is 12.0. The Morgan fingerprint density at radius 2 is 1.69 bits per heavy atom. The number of nitrogens with one attached hydrogen (secondary N) is 2. The van der Waals surface area contributed by atoms with Crippen LogP contribution in [0, 0.1) is 0 Å². The van der Waals surface area contributed by atoms with Gasteiger partial charge in [0.05, 0.1) is 17.5 Å². The molecule has 0 bridgehead atoms. The van der Waals surface area contributed by atoms with E-state index in [2.05, 4.69) is 25.3 Å². The summed E-state index contributed by atoms with van der Waals surface area (Å²) < 4.78 is 5.75. The van der Waals surface area contributed by atoms with E-state index in [1.807, 2.05) is 24.3 Å². The van der Waals surface area contributed by atoms with Crippen molar-refractivity contribution in [3.63, 3.8) is 0 Å². The van der Waals surface area contributed by atoms with Gasteiger partial charge in [0, 0.05) is 13.0 Å². The second kappa shape index (κ2) is 10.6. The van der Waals surface area contributed by atoms with Crippen LogP contribution in [0.2, 0.25) is 0 Å². The minimum Gasteiger partial charge on any atom is -0.480 e. The van der Waals surface area contributed by atoms with Crippen molar-refractivity contribution in [3.8, 4) is 5.88 Å². The molecule has 1 unspecified atom stereocenters. The number of hydrogen-bond acceptors (Lipinski definition) is 9. The number of nitrogens with zero attached hydrogens (tertiary/aromatic N) is 4. The van der Waals surface area contributed by atoms with Crippen LogP contribution >= 0.6 is 0 Å². The molecule has 3 amide bonds. The molecule has 4 aromatic rings. The van der Waals surface area contributed by atoms with Crippen molar-refractivity contribution >= 4 is 40.8 Å². The van der Waals surface area contributed by atoms with Gasteiger partial charge in [-0.15, -0.1) is 0 Å². The van der Waals surface area contributed by atoms with Crippen LogP contribution in [-0.4, -0.2) is 59.7 Å². The summed E-state index contributed by atoms with van der Waals surface area (Å²) in [5.41, 5.74) is 8.61. The molecule has 1 aliphatic rings. The van der Waals surface area contributed by atoms with E-state index in [-0.39, 0.29) is 48.9 Å². The number of carbonyl (C=O) groups excluding carboxylic acids is 3. The van der Waals surface area contributed by atoms with Crippen LogP contribution in [0.5, 0.6) is 5.88 Å². The number of H-pyrrole nitrogens is 1. The largest absolute Gasteiger partial charge is 0.480 e. The number of aromatic nitrogens is 4. The lowest BCUT2D eigenvalue weighted by Crippen LogP contribution is -2.45. The Morgan fingerprint density at radius 1 is 1.03 bits per heavy atom. The molecule has 5 rings (SSSR count). The maximum Gasteiger partial charge on any atom is 0.326 e. The lowest BCUT2D eigenvalue weighted by Gasteiger charge is -2.22. The summed E-state index contributed by atoms with van der Waals surface area (Å²) in [4.78, 5) is 65.4. The average molecular weight is 530 g/mol. The smallest absolute Gasteiger partial charge is 0.326 e. The topological polar surface area (TPSA) is 193 Å². The van der Waals surface area contributed by atoms with E-state index in [0.717, 1.165) is 11.1 Å². The number of carboxylic acids is 1. The number of hydrogen-bond donors (Lipinski definition) is 4. The number of anilines is 1. The van der Waals surface area contributed by atoms with Gasteiger partial charge in [-0.2, -0.15) is 9.97 Å². The highest BCUT2D eigenvalue weighted by atomic mass is 16.5. The maximum atomic E-state index is 12.6. The zero-order chi connectivity index (χ0) is 27.5. The number of aromatic amines is 1. The molecule has 13 nitrogen and oxygen atoms in total. The molecular weight excluding hydrogens is 506 g/mol. The summed E-state index contributed by atoms with van der Waals surface area (Å²) in [6.45, 7) is 0.417. The maximum absolute atomic E-state index is 12.6. The van der Waals surface area contributed by atoms with Crippen LogP contribution in [-0.2, 0) is 22.7 Å². The molecule has 13 heteroatoms. The average Bonchev–Trinajstić information content (AvgIpc) is 3.50. The second-order valence-electron chi connectivity index (χ2n) is 8.79. The monoisotopic (exact) mass is 529 g/mol. The van der Waals surface area contributed by atoms with E-state index in [9.17, 15) is 24.3 Å². The van der Waals surface area contributed by atoms with Crippen molar-refractivity contribution in [2.45, 2.75) is 32.0 Å². The first kappa shape index (κ1) is 25.3. The molecule has 0 saturated heterocycles. The number of fused-ring (bicyclic) bond motifs is 2. The molecule has 198 valence electrons. The van der Waals surface area contributed by atoms with Crippen molar-refractivity contribution in [3.05, 3.63) is 77.1 Å². The van der Waals surface area contributed by atoms with Crippen LogP contribution in [0.3, 0.4) is 0 Å². The minimum absolute atomic E-state index is 0.0613. The number of carboxylic acid groups (broad SMARTS) is 1. The minimum atomic E-state index is -1.45. The fourth-order valence-electron chi connectivity index (χ4n) is 4.24. The molecular formula is C26H23N7O6. The SMILES string of the molecule is Nc1nc(OCc2ccc(CNC(=O)CCC(C(=O)O)N3C(=O)c4ccccc4C3=O)cc2)c2nc[nH]c2n1. The number of amides is 3.